The average Bonchev–Trinajstić information content (AvgIpc) is 3.01. The lowest BCUT2D eigenvalue weighted by Crippen LogP contribution is -2.40. The molecule has 124 valence electrons. The third-order valence-corrected chi connectivity index (χ3v) is 4.63. The maximum absolute atomic E-state index is 12.8. The Hall–Kier alpha value is -2.03. The molecule has 1 saturated carbocycles. The van der Waals surface area contributed by atoms with Gasteiger partial charge in [0.15, 0.2) is 0 Å². The normalized spacial score (nSPS) is 15.7. The predicted octanol–water partition coefficient (Wildman–Crippen LogP) is 3.03. The molecule has 0 aromatic carbocycles. The van der Waals surface area contributed by atoms with Gasteiger partial charge in [0.2, 0.25) is 0 Å². The summed E-state index contributed by atoms with van der Waals surface area (Å²) in [5.41, 5.74) is 0. The van der Waals surface area contributed by atoms with Crippen LogP contribution in [-0.4, -0.2) is 32.5 Å². The fourth-order valence-corrected chi connectivity index (χ4v) is 3.15. The van der Waals surface area contributed by atoms with Crippen LogP contribution in [0.25, 0.3) is 0 Å². The Morgan fingerprint density at radius 2 is 2.26 bits per heavy atom. The lowest BCUT2D eigenvalue weighted by atomic mass is 10.2. The van der Waals surface area contributed by atoms with Crippen molar-refractivity contribution >= 4 is 17.4 Å². The van der Waals surface area contributed by atoms with Crippen LogP contribution < -0.4 is 5.32 Å². The van der Waals surface area contributed by atoms with E-state index >= 15 is 0 Å². The van der Waals surface area contributed by atoms with E-state index in [1.54, 1.807) is 13.2 Å². The first-order chi connectivity index (χ1) is 11.1. The van der Waals surface area contributed by atoms with Gasteiger partial charge in [0.25, 0.3) is 0 Å². The molecule has 1 aliphatic rings. The first-order valence-electron chi connectivity index (χ1n) is 7.27. The van der Waals surface area contributed by atoms with Crippen LogP contribution in [0.5, 0.6) is 0 Å². The highest BCUT2D eigenvalue weighted by atomic mass is 32.1. The Balaban J connectivity index is 1.64. The number of alkyl halides is 2. The second kappa shape index (κ2) is 6.61. The number of urea groups is 1. The van der Waals surface area contributed by atoms with E-state index in [0.29, 0.717) is 5.92 Å². The van der Waals surface area contributed by atoms with Crippen molar-refractivity contribution < 1.29 is 13.6 Å². The van der Waals surface area contributed by atoms with E-state index in [9.17, 15) is 13.6 Å². The second-order valence-electron chi connectivity index (χ2n) is 5.52. The number of aromatic nitrogens is 3. The molecule has 3 rings (SSSR count). The molecule has 2 amide bonds. The van der Waals surface area contributed by atoms with Crippen molar-refractivity contribution in [1.82, 2.24) is 24.8 Å². The number of thiazole rings is 1. The molecule has 0 spiro atoms. The lowest BCUT2D eigenvalue weighted by Gasteiger charge is -2.22. The van der Waals surface area contributed by atoms with Gasteiger partial charge in [0.05, 0.1) is 12.6 Å². The van der Waals surface area contributed by atoms with Crippen molar-refractivity contribution in [2.24, 2.45) is 5.92 Å². The van der Waals surface area contributed by atoms with Gasteiger partial charge >= 0.3 is 12.6 Å². The zero-order chi connectivity index (χ0) is 16.4. The number of imidazole rings is 1. The number of nitrogens with zero attached hydrogens (tertiary/aromatic N) is 4. The van der Waals surface area contributed by atoms with Crippen LogP contribution in [-0.2, 0) is 6.54 Å². The summed E-state index contributed by atoms with van der Waals surface area (Å²) in [5.74, 6) is 0.552. The Kier molecular flexibility index (Phi) is 4.56. The largest absolute Gasteiger partial charge is 0.328 e. The Morgan fingerprint density at radius 1 is 1.48 bits per heavy atom. The smallest absolute Gasteiger partial charge is 0.319 e. The fourth-order valence-electron chi connectivity index (χ4n) is 2.37. The molecule has 23 heavy (non-hydrogen) atoms. The highest BCUT2D eigenvalue weighted by Crippen LogP contribution is 2.41. The topological polar surface area (TPSA) is 63.1 Å². The lowest BCUT2D eigenvalue weighted by molar-refractivity contribution is 0.0650. The first kappa shape index (κ1) is 15.9. The number of carbonyl (C=O) groups is 1. The van der Waals surface area contributed by atoms with Gasteiger partial charge in [-0.3, -0.25) is 4.57 Å². The number of amides is 2. The van der Waals surface area contributed by atoms with Crippen molar-refractivity contribution in [3.63, 3.8) is 0 Å². The molecular weight excluding hydrogens is 324 g/mol. The van der Waals surface area contributed by atoms with Gasteiger partial charge < -0.3 is 10.2 Å². The van der Waals surface area contributed by atoms with E-state index in [4.69, 9.17) is 0 Å². The van der Waals surface area contributed by atoms with Gasteiger partial charge in [0.1, 0.15) is 10.8 Å². The van der Waals surface area contributed by atoms with Gasteiger partial charge in [-0.25, -0.2) is 14.8 Å². The highest BCUT2D eigenvalue weighted by molar-refractivity contribution is 7.09. The molecule has 1 atom stereocenters. The van der Waals surface area contributed by atoms with Crippen LogP contribution in [0.4, 0.5) is 13.6 Å². The van der Waals surface area contributed by atoms with Crippen LogP contribution in [0.3, 0.4) is 0 Å². The van der Waals surface area contributed by atoms with E-state index in [2.05, 4.69) is 15.3 Å². The molecule has 0 radical (unpaired) electrons. The summed E-state index contributed by atoms with van der Waals surface area (Å²) < 4.78 is 26.4. The average molecular weight is 341 g/mol. The summed E-state index contributed by atoms with van der Waals surface area (Å²) in [4.78, 5) is 21.9. The number of carbonyl (C=O) groups excluding carboxylic acids is 1. The zero-order valence-electron chi connectivity index (χ0n) is 12.5. The zero-order valence-corrected chi connectivity index (χ0v) is 13.3. The van der Waals surface area contributed by atoms with Crippen LogP contribution in [0, 0.1) is 5.92 Å². The second-order valence-corrected chi connectivity index (χ2v) is 6.45. The fraction of sp³-hybridized carbons (Fsp3) is 0.500. The molecule has 2 aromatic rings. The van der Waals surface area contributed by atoms with E-state index in [1.165, 1.54) is 28.6 Å². The maximum atomic E-state index is 12.8. The van der Waals surface area contributed by atoms with Crippen LogP contribution in [0.1, 0.15) is 36.3 Å². The van der Waals surface area contributed by atoms with Crippen molar-refractivity contribution in [2.45, 2.75) is 32.0 Å². The van der Waals surface area contributed by atoms with E-state index in [0.717, 1.165) is 22.4 Å². The number of halogens is 2. The summed E-state index contributed by atoms with van der Waals surface area (Å²) in [7, 11) is 1.56. The molecule has 0 saturated heterocycles. The predicted molar refractivity (Wildman–Crippen MR) is 81.1 cm³/mol. The Bertz CT molecular complexity index is 656. The summed E-state index contributed by atoms with van der Waals surface area (Å²) in [5, 5.41) is 5.71. The molecule has 1 N–H and O–H groups in total. The highest BCUT2D eigenvalue weighted by Gasteiger charge is 2.35. The molecule has 2 aromatic heterocycles. The van der Waals surface area contributed by atoms with Crippen molar-refractivity contribution in [2.75, 3.05) is 7.05 Å². The monoisotopic (exact) mass is 341 g/mol. The number of rotatable bonds is 6. The Labute approximate surface area is 136 Å². The SMILES string of the molecule is CN(Cc1nccn1C(F)F)C(=O)N[C@@H](c1nccs1)C1CC1. The van der Waals surface area contributed by atoms with Gasteiger partial charge in [-0.05, 0) is 18.8 Å². The van der Waals surface area contributed by atoms with Crippen molar-refractivity contribution in [3.8, 4) is 0 Å². The molecule has 6 nitrogen and oxygen atoms in total. The molecule has 1 aliphatic carbocycles. The third-order valence-electron chi connectivity index (χ3n) is 3.77. The Morgan fingerprint density at radius 3 is 2.87 bits per heavy atom. The maximum Gasteiger partial charge on any atom is 0.319 e. The van der Waals surface area contributed by atoms with Crippen LogP contribution in [0.15, 0.2) is 24.0 Å². The molecule has 0 unspecified atom stereocenters. The summed E-state index contributed by atoms with van der Waals surface area (Å²) >= 11 is 1.50. The standard InChI is InChI=1S/C14H17F2N5OS/c1-20(8-10-17-4-6-21(10)13(15)16)14(22)19-11(9-2-3-9)12-18-5-7-23-12/h4-7,9,11,13H,2-3,8H2,1H3,(H,19,22)/t11-/m1/s1. The minimum atomic E-state index is -2.67. The molecule has 0 aliphatic heterocycles. The number of nitrogens with one attached hydrogen (secondary N) is 1. The molecule has 0 bridgehead atoms. The van der Waals surface area contributed by atoms with Gasteiger partial charge in [-0.15, -0.1) is 11.3 Å². The third kappa shape index (κ3) is 3.66. The summed E-state index contributed by atoms with van der Waals surface area (Å²) in [6.07, 6.45) is 6.34. The quantitative estimate of drug-likeness (QED) is 0.878. The first-order valence-corrected chi connectivity index (χ1v) is 8.15. The number of hydrogen-bond acceptors (Lipinski definition) is 4. The summed E-state index contributed by atoms with van der Waals surface area (Å²) in [6.45, 7) is -2.66. The molecule has 1 fully saturated rings. The van der Waals surface area contributed by atoms with E-state index in [-0.39, 0.29) is 24.4 Å². The molecular formula is C14H17F2N5OS. The van der Waals surface area contributed by atoms with E-state index < -0.39 is 6.55 Å². The molecule has 2 heterocycles. The van der Waals surface area contributed by atoms with E-state index in [1.807, 2.05) is 5.38 Å². The molecule has 9 heteroatoms. The van der Waals surface area contributed by atoms with Crippen molar-refractivity contribution in [3.05, 3.63) is 34.8 Å². The minimum Gasteiger partial charge on any atom is -0.328 e. The minimum absolute atomic E-state index is 0.0123. The van der Waals surface area contributed by atoms with Crippen LogP contribution in [0.2, 0.25) is 0 Å². The van der Waals surface area contributed by atoms with Crippen LogP contribution >= 0.6 is 11.3 Å². The summed E-state index contributed by atoms with van der Waals surface area (Å²) in [6, 6.07) is -0.430. The number of hydrogen-bond donors (Lipinski definition) is 1. The van der Waals surface area contributed by atoms with Crippen molar-refractivity contribution in [1.29, 1.82) is 0 Å². The van der Waals surface area contributed by atoms with Gasteiger partial charge in [-0.2, -0.15) is 8.78 Å². The van der Waals surface area contributed by atoms with Gasteiger partial charge in [0, 0.05) is 31.0 Å². The van der Waals surface area contributed by atoms with Gasteiger partial charge in [-0.1, -0.05) is 0 Å².